The van der Waals surface area contributed by atoms with Crippen molar-refractivity contribution in [3.8, 4) is 22.2 Å². The molecule has 0 bridgehead atoms. The van der Waals surface area contributed by atoms with Gasteiger partial charge in [-0.2, -0.15) is 0 Å². The Morgan fingerprint density at radius 3 is 2.39 bits per heavy atom. The fourth-order valence-electron chi connectivity index (χ4n) is 1.64. The van der Waals surface area contributed by atoms with Crippen LogP contribution in [0.2, 0.25) is 0 Å². The quantitative estimate of drug-likeness (QED) is 0.557. The van der Waals surface area contributed by atoms with Crippen molar-refractivity contribution < 1.29 is 8.83 Å². The average molecular weight is 258 g/mol. The largest absolute Gasteiger partial charge is 0.452 e. The highest BCUT2D eigenvalue weighted by molar-refractivity contribution is 7.13. The summed E-state index contributed by atoms with van der Waals surface area (Å²) in [5.41, 5.74) is 5.35. The topological polar surface area (TPSA) is 76.2 Å². The first-order chi connectivity index (χ1) is 8.74. The molecule has 3 rings (SSSR count). The van der Waals surface area contributed by atoms with E-state index in [4.69, 9.17) is 20.0 Å². The predicted octanol–water partition coefficient (Wildman–Crippen LogP) is 3.55. The van der Waals surface area contributed by atoms with Crippen LogP contribution in [-0.2, 0) is 0 Å². The summed E-state index contributed by atoms with van der Waals surface area (Å²) in [6, 6.07) is 11.1. The van der Waals surface area contributed by atoms with Gasteiger partial charge < -0.3 is 14.6 Å². The minimum absolute atomic E-state index is 0.0914. The number of nitrogens with one attached hydrogen (secondary N) is 1. The molecule has 3 heterocycles. The monoisotopic (exact) mass is 258 g/mol. The van der Waals surface area contributed by atoms with Gasteiger partial charge in [-0.25, -0.2) is 0 Å². The number of nitrogen functional groups attached to an aromatic ring is 1. The van der Waals surface area contributed by atoms with E-state index < -0.39 is 0 Å². The van der Waals surface area contributed by atoms with Gasteiger partial charge in [0.15, 0.2) is 23.1 Å². The standard InChI is InChI=1S/C13H10N2O2S/c14-13(15)11-6-4-9(17-11)8-3-5-10(16-8)12-2-1-7-18-12/h1-7H,(H3,14,15). The first-order valence-electron chi connectivity index (χ1n) is 5.32. The third-order valence-electron chi connectivity index (χ3n) is 2.48. The van der Waals surface area contributed by atoms with E-state index in [1.165, 1.54) is 0 Å². The molecule has 3 N–H and O–H groups in total. The lowest BCUT2D eigenvalue weighted by atomic mass is 10.3. The van der Waals surface area contributed by atoms with Crippen molar-refractivity contribution in [3.63, 3.8) is 0 Å². The van der Waals surface area contributed by atoms with Crippen LogP contribution in [0.5, 0.6) is 0 Å². The highest BCUT2D eigenvalue weighted by atomic mass is 32.1. The van der Waals surface area contributed by atoms with Gasteiger partial charge in [-0.05, 0) is 35.7 Å². The van der Waals surface area contributed by atoms with Gasteiger partial charge in [0, 0.05) is 0 Å². The Balaban J connectivity index is 1.95. The molecule has 18 heavy (non-hydrogen) atoms. The Morgan fingerprint density at radius 1 is 1.00 bits per heavy atom. The second-order valence-electron chi connectivity index (χ2n) is 3.72. The van der Waals surface area contributed by atoms with Gasteiger partial charge in [-0.15, -0.1) is 11.3 Å². The number of thiophene rings is 1. The smallest absolute Gasteiger partial charge is 0.170 e. The van der Waals surface area contributed by atoms with Crippen LogP contribution < -0.4 is 5.73 Å². The molecule has 0 unspecified atom stereocenters. The molecule has 3 aromatic rings. The number of hydrogen-bond acceptors (Lipinski definition) is 4. The summed E-state index contributed by atoms with van der Waals surface area (Å²) in [5, 5.41) is 9.28. The van der Waals surface area contributed by atoms with Crippen LogP contribution in [0.3, 0.4) is 0 Å². The Kier molecular flexibility index (Phi) is 2.53. The van der Waals surface area contributed by atoms with E-state index >= 15 is 0 Å². The van der Waals surface area contributed by atoms with Crippen molar-refractivity contribution in [2.24, 2.45) is 5.73 Å². The van der Waals surface area contributed by atoms with Crippen molar-refractivity contribution in [2.75, 3.05) is 0 Å². The van der Waals surface area contributed by atoms with Gasteiger partial charge in [0.25, 0.3) is 0 Å². The van der Waals surface area contributed by atoms with Gasteiger partial charge in [0.1, 0.15) is 5.76 Å². The zero-order valence-corrected chi connectivity index (χ0v) is 10.2. The van der Waals surface area contributed by atoms with Crippen molar-refractivity contribution >= 4 is 17.2 Å². The maximum Gasteiger partial charge on any atom is 0.170 e. The molecule has 0 amide bonds. The van der Waals surface area contributed by atoms with Gasteiger partial charge in [-0.3, -0.25) is 5.41 Å². The SMILES string of the molecule is N=C(N)c1ccc(-c2ccc(-c3cccs3)o2)o1. The lowest BCUT2D eigenvalue weighted by Crippen LogP contribution is -2.09. The molecular weight excluding hydrogens is 248 g/mol. The molecule has 5 heteroatoms. The molecule has 0 atom stereocenters. The predicted molar refractivity (Wildman–Crippen MR) is 70.7 cm³/mol. The first-order valence-corrected chi connectivity index (χ1v) is 6.20. The number of hydrogen-bond donors (Lipinski definition) is 2. The molecule has 0 aliphatic carbocycles. The molecule has 4 nitrogen and oxygen atoms in total. The minimum atomic E-state index is -0.0914. The second-order valence-corrected chi connectivity index (χ2v) is 4.67. The van der Waals surface area contributed by atoms with E-state index in [-0.39, 0.29) is 5.84 Å². The lowest BCUT2D eigenvalue weighted by Gasteiger charge is -1.93. The van der Waals surface area contributed by atoms with Crippen LogP contribution in [-0.4, -0.2) is 5.84 Å². The minimum Gasteiger partial charge on any atom is -0.452 e. The maximum absolute atomic E-state index is 7.29. The van der Waals surface area contributed by atoms with Crippen LogP contribution in [0.4, 0.5) is 0 Å². The fraction of sp³-hybridized carbons (Fsp3) is 0. The van der Waals surface area contributed by atoms with Crippen LogP contribution in [0, 0.1) is 5.41 Å². The summed E-state index contributed by atoms with van der Waals surface area (Å²) in [7, 11) is 0. The van der Waals surface area contributed by atoms with Gasteiger partial charge in [0.05, 0.1) is 4.88 Å². The molecule has 0 radical (unpaired) electrons. The number of furan rings is 2. The van der Waals surface area contributed by atoms with Crippen molar-refractivity contribution in [3.05, 3.63) is 47.5 Å². The lowest BCUT2D eigenvalue weighted by molar-refractivity contribution is 0.526. The Bertz CT molecular complexity index is 679. The highest BCUT2D eigenvalue weighted by Gasteiger charge is 2.12. The van der Waals surface area contributed by atoms with Crippen LogP contribution in [0.1, 0.15) is 5.76 Å². The summed E-state index contributed by atoms with van der Waals surface area (Å²) >= 11 is 1.62. The molecule has 0 saturated carbocycles. The summed E-state index contributed by atoms with van der Waals surface area (Å²) in [6.07, 6.45) is 0. The van der Waals surface area contributed by atoms with E-state index in [1.807, 2.05) is 29.6 Å². The van der Waals surface area contributed by atoms with Gasteiger partial charge >= 0.3 is 0 Å². The van der Waals surface area contributed by atoms with Crippen molar-refractivity contribution in [1.29, 1.82) is 5.41 Å². The average Bonchev–Trinajstić information content (AvgIpc) is 3.10. The number of amidine groups is 1. The first kappa shape index (κ1) is 10.9. The molecular formula is C13H10N2O2S. The van der Waals surface area contributed by atoms with E-state index in [2.05, 4.69) is 0 Å². The normalized spacial score (nSPS) is 10.7. The van der Waals surface area contributed by atoms with E-state index in [9.17, 15) is 0 Å². The molecule has 0 aliphatic heterocycles. The summed E-state index contributed by atoms with van der Waals surface area (Å²) in [6.45, 7) is 0. The summed E-state index contributed by atoms with van der Waals surface area (Å²) < 4.78 is 11.1. The van der Waals surface area contributed by atoms with Gasteiger partial charge in [0.2, 0.25) is 0 Å². The van der Waals surface area contributed by atoms with Gasteiger partial charge in [-0.1, -0.05) is 6.07 Å². The zero-order valence-electron chi connectivity index (χ0n) is 9.34. The van der Waals surface area contributed by atoms with Crippen molar-refractivity contribution in [1.82, 2.24) is 0 Å². The summed E-state index contributed by atoms with van der Waals surface area (Å²) in [4.78, 5) is 1.07. The van der Waals surface area contributed by atoms with E-state index in [1.54, 1.807) is 23.5 Å². The molecule has 0 saturated heterocycles. The highest BCUT2D eigenvalue weighted by Crippen LogP contribution is 2.31. The Labute approximate surface area is 107 Å². The second kappa shape index (κ2) is 4.19. The zero-order chi connectivity index (χ0) is 12.5. The summed E-state index contributed by atoms with van der Waals surface area (Å²) in [5.74, 6) is 2.26. The van der Waals surface area contributed by atoms with Crippen LogP contribution in [0.25, 0.3) is 22.2 Å². The Hall–Kier alpha value is -2.27. The molecule has 3 aromatic heterocycles. The third kappa shape index (κ3) is 1.84. The van der Waals surface area contributed by atoms with E-state index in [0.717, 1.165) is 10.6 Å². The maximum atomic E-state index is 7.29. The molecule has 0 aliphatic rings. The number of nitrogens with two attached hydrogens (primary N) is 1. The van der Waals surface area contributed by atoms with E-state index in [0.29, 0.717) is 17.3 Å². The molecule has 90 valence electrons. The van der Waals surface area contributed by atoms with Crippen molar-refractivity contribution in [2.45, 2.75) is 0 Å². The van der Waals surface area contributed by atoms with Crippen LogP contribution in [0.15, 0.2) is 50.6 Å². The Morgan fingerprint density at radius 2 is 1.72 bits per heavy atom. The molecule has 0 spiro atoms. The molecule has 0 fully saturated rings. The molecule has 0 aromatic carbocycles. The number of rotatable bonds is 3. The third-order valence-corrected chi connectivity index (χ3v) is 3.37. The fourth-order valence-corrected chi connectivity index (χ4v) is 2.32. The van der Waals surface area contributed by atoms with Crippen LogP contribution >= 0.6 is 11.3 Å².